The fourth-order valence-corrected chi connectivity index (χ4v) is 3.40. The Morgan fingerprint density at radius 2 is 1.86 bits per heavy atom. The van der Waals surface area contributed by atoms with Crippen molar-refractivity contribution in [1.29, 1.82) is 0 Å². The molecular weight excluding hydrogens is 354 g/mol. The highest BCUT2D eigenvalue weighted by Crippen LogP contribution is 2.22. The van der Waals surface area contributed by atoms with Crippen molar-refractivity contribution >= 4 is 33.5 Å². The van der Waals surface area contributed by atoms with E-state index in [-0.39, 0.29) is 11.6 Å². The molecule has 0 atom stereocenters. The van der Waals surface area contributed by atoms with Crippen molar-refractivity contribution in [3.05, 3.63) is 70.6 Å². The number of aromatic amines is 1. The van der Waals surface area contributed by atoms with E-state index in [1.165, 1.54) is 0 Å². The molecule has 0 aliphatic carbocycles. The SMILES string of the molecule is Cc1[nH]nc2c1c(=O)n(CCCNC(=O)Nc1ccccc1)c1ccccc21. The topological polar surface area (TPSA) is 91.8 Å². The zero-order valence-corrected chi connectivity index (χ0v) is 15.5. The molecule has 0 spiro atoms. The lowest BCUT2D eigenvalue weighted by atomic mass is 10.1. The maximum absolute atomic E-state index is 13.0. The van der Waals surface area contributed by atoms with E-state index in [1.807, 2.05) is 61.5 Å². The van der Waals surface area contributed by atoms with Crippen LogP contribution in [0.15, 0.2) is 59.4 Å². The van der Waals surface area contributed by atoms with Crippen LogP contribution in [0.5, 0.6) is 0 Å². The Morgan fingerprint density at radius 3 is 2.68 bits per heavy atom. The Balaban J connectivity index is 1.49. The molecule has 0 aliphatic rings. The number of aryl methyl sites for hydroxylation is 2. The van der Waals surface area contributed by atoms with E-state index in [9.17, 15) is 9.59 Å². The molecule has 0 saturated carbocycles. The van der Waals surface area contributed by atoms with Crippen molar-refractivity contribution in [3.63, 3.8) is 0 Å². The number of nitrogens with one attached hydrogen (secondary N) is 3. The van der Waals surface area contributed by atoms with Gasteiger partial charge in [-0.2, -0.15) is 5.10 Å². The van der Waals surface area contributed by atoms with Crippen LogP contribution < -0.4 is 16.2 Å². The van der Waals surface area contributed by atoms with Gasteiger partial charge in [-0.3, -0.25) is 9.89 Å². The Hall–Kier alpha value is -3.61. The number of amides is 2. The third-order valence-electron chi connectivity index (χ3n) is 4.73. The molecule has 2 amide bonds. The van der Waals surface area contributed by atoms with Gasteiger partial charge in [-0.1, -0.05) is 36.4 Å². The monoisotopic (exact) mass is 375 g/mol. The smallest absolute Gasteiger partial charge is 0.319 e. The van der Waals surface area contributed by atoms with Crippen LogP contribution in [0.25, 0.3) is 21.8 Å². The lowest BCUT2D eigenvalue weighted by Gasteiger charge is -2.12. The van der Waals surface area contributed by atoms with Gasteiger partial charge in [0.15, 0.2) is 0 Å². The van der Waals surface area contributed by atoms with Gasteiger partial charge in [0, 0.05) is 29.9 Å². The maximum Gasteiger partial charge on any atom is 0.319 e. The minimum absolute atomic E-state index is 0.0614. The van der Waals surface area contributed by atoms with Crippen LogP contribution in [0.1, 0.15) is 12.1 Å². The number of hydrogen-bond acceptors (Lipinski definition) is 3. The molecule has 0 fully saturated rings. The standard InChI is InChI=1S/C21H21N5O2/c1-14-18-19(25-24-14)16-10-5-6-11-17(16)26(20(18)27)13-7-12-22-21(28)23-15-8-3-2-4-9-15/h2-6,8-11H,7,12-13H2,1H3,(H,24,25)(H2,22,23,28). The molecule has 7 heteroatoms. The second kappa shape index (κ2) is 7.56. The molecule has 0 unspecified atom stereocenters. The fourth-order valence-electron chi connectivity index (χ4n) is 3.40. The summed E-state index contributed by atoms with van der Waals surface area (Å²) in [6.07, 6.45) is 0.633. The Bertz CT molecular complexity index is 1190. The number of nitrogens with zero attached hydrogens (tertiary/aromatic N) is 2. The first-order valence-corrected chi connectivity index (χ1v) is 9.21. The van der Waals surface area contributed by atoms with E-state index in [0.717, 1.165) is 22.3 Å². The quantitative estimate of drug-likeness (QED) is 0.467. The normalized spacial score (nSPS) is 11.0. The minimum Gasteiger partial charge on any atom is -0.338 e. The van der Waals surface area contributed by atoms with E-state index in [4.69, 9.17) is 0 Å². The number of H-pyrrole nitrogens is 1. The number of hydrogen-bond donors (Lipinski definition) is 3. The summed E-state index contributed by atoms with van der Waals surface area (Å²) in [6.45, 7) is 2.82. The van der Waals surface area contributed by atoms with Crippen LogP contribution in [0, 0.1) is 6.92 Å². The zero-order valence-electron chi connectivity index (χ0n) is 15.5. The molecule has 7 nitrogen and oxygen atoms in total. The predicted octanol–water partition coefficient (Wildman–Crippen LogP) is 3.40. The summed E-state index contributed by atoms with van der Waals surface area (Å²) in [6, 6.07) is 16.8. The molecule has 0 bridgehead atoms. The molecule has 4 aromatic rings. The van der Waals surface area contributed by atoms with Crippen molar-refractivity contribution in [2.45, 2.75) is 19.9 Å². The summed E-state index contributed by atoms with van der Waals surface area (Å²) >= 11 is 0. The highest BCUT2D eigenvalue weighted by Gasteiger charge is 2.14. The minimum atomic E-state index is -0.260. The summed E-state index contributed by atoms with van der Waals surface area (Å²) in [5, 5.41) is 14.4. The van der Waals surface area contributed by atoms with Crippen LogP contribution in [0.3, 0.4) is 0 Å². The largest absolute Gasteiger partial charge is 0.338 e. The highest BCUT2D eigenvalue weighted by molar-refractivity contribution is 6.03. The molecule has 2 aromatic heterocycles. The maximum atomic E-state index is 13.0. The molecule has 2 aromatic carbocycles. The van der Waals surface area contributed by atoms with Gasteiger partial charge >= 0.3 is 6.03 Å². The average Bonchev–Trinajstić information content (AvgIpc) is 3.10. The highest BCUT2D eigenvalue weighted by atomic mass is 16.2. The zero-order chi connectivity index (χ0) is 19.5. The molecule has 0 saturated heterocycles. The van der Waals surface area contributed by atoms with Gasteiger partial charge in [-0.25, -0.2) is 4.79 Å². The summed E-state index contributed by atoms with van der Waals surface area (Å²) in [4.78, 5) is 25.0. The first kappa shape index (κ1) is 17.8. The molecule has 2 heterocycles. The average molecular weight is 375 g/mol. The molecule has 142 valence electrons. The van der Waals surface area contributed by atoms with Gasteiger partial charge in [-0.15, -0.1) is 0 Å². The van der Waals surface area contributed by atoms with Gasteiger partial charge in [0.2, 0.25) is 0 Å². The lowest BCUT2D eigenvalue weighted by Crippen LogP contribution is -2.31. The molecule has 0 aliphatic heterocycles. The van der Waals surface area contributed by atoms with E-state index in [1.54, 1.807) is 4.57 Å². The Kier molecular flexibility index (Phi) is 4.80. The van der Waals surface area contributed by atoms with Gasteiger partial charge in [0.1, 0.15) is 5.52 Å². The fraction of sp³-hybridized carbons (Fsp3) is 0.190. The number of anilines is 1. The van der Waals surface area contributed by atoms with E-state index < -0.39 is 0 Å². The Morgan fingerprint density at radius 1 is 1.11 bits per heavy atom. The van der Waals surface area contributed by atoms with Gasteiger partial charge in [-0.05, 0) is 31.5 Å². The van der Waals surface area contributed by atoms with Crippen molar-refractivity contribution < 1.29 is 4.79 Å². The molecule has 3 N–H and O–H groups in total. The number of pyridine rings is 1. The molecular formula is C21H21N5O2. The third kappa shape index (κ3) is 3.34. The van der Waals surface area contributed by atoms with E-state index in [0.29, 0.717) is 30.4 Å². The van der Waals surface area contributed by atoms with Crippen LogP contribution >= 0.6 is 0 Å². The summed E-state index contributed by atoms with van der Waals surface area (Å²) in [5.74, 6) is 0. The van der Waals surface area contributed by atoms with Crippen molar-refractivity contribution in [3.8, 4) is 0 Å². The number of para-hydroxylation sites is 2. The van der Waals surface area contributed by atoms with Gasteiger partial charge < -0.3 is 15.2 Å². The summed E-state index contributed by atoms with van der Waals surface area (Å²) < 4.78 is 1.76. The summed E-state index contributed by atoms with van der Waals surface area (Å²) in [7, 11) is 0. The van der Waals surface area contributed by atoms with Crippen LogP contribution in [-0.2, 0) is 6.54 Å². The predicted molar refractivity (Wildman–Crippen MR) is 111 cm³/mol. The van der Waals surface area contributed by atoms with Crippen LogP contribution in [0.2, 0.25) is 0 Å². The van der Waals surface area contributed by atoms with Crippen molar-refractivity contribution in [2.75, 3.05) is 11.9 Å². The lowest BCUT2D eigenvalue weighted by molar-refractivity contribution is 0.252. The van der Waals surface area contributed by atoms with Gasteiger partial charge in [0.05, 0.1) is 10.9 Å². The first-order valence-electron chi connectivity index (χ1n) is 9.21. The van der Waals surface area contributed by atoms with Crippen molar-refractivity contribution in [2.24, 2.45) is 0 Å². The number of fused-ring (bicyclic) bond motifs is 3. The second-order valence-electron chi connectivity index (χ2n) is 6.65. The summed E-state index contributed by atoms with van der Waals surface area (Å²) in [5.41, 5.74) is 2.99. The van der Waals surface area contributed by atoms with Gasteiger partial charge in [0.25, 0.3) is 5.56 Å². The second-order valence-corrected chi connectivity index (χ2v) is 6.65. The third-order valence-corrected chi connectivity index (χ3v) is 4.73. The van der Waals surface area contributed by atoms with Crippen LogP contribution in [0.4, 0.5) is 10.5 Å². The molecule has 4 rings (SSSR count). The number of carbonyl (C=O) groups is 1. The van der Waals surface area contributed by atoms with Crippen LogP contribution in [-0.4, -0.2) is 27.3 Å². The first-order chi connectivity index (χ1) is 13.6. The molecule has 28 heavy (non-hydrogen) atoms. The van der Waals surface area contributed by atoms with E-state index >= 15 is 0 Å². The Labute approximate surface area is 161 Å². The van der Waals surface area contributed by atoms with E-state index in [2.05, 4.69) is 20.8 Å². The number of carbonyl (C=O) groups excluding carboxylic acids is 1. The van der Waals surface area contributed by atoms with Crippen molar-refractivity contribution in [1.82, 2.24) is 20.1 Å². The number of aromatic nitrogens is 3. The number of urea groups is 1. The molecule has 0 radical (unpaired) electrons. The number of rotatable bonds is 5. The number of benzene rings is 2.